The van der Waals surface area contributed by atoms with E-state index in [2.05, 4.69) is 9.80 Å². The maximum absolute atomic E-state index is 12.1. The quantitative estimate of drug-likeness (QED) is 0.442. The van der Waals surface area contributed by atoms with Crippen LogP contribution >= 0.6 is 0 Å². The largest absolute Gasteiger partial charge is 0.494 e. The summed E-state index contributed by atoms with van der Waals surface area (Å²) in [7, 11) is 0. The second-order valence-corrected chi connectivity index (χ2v) is 8.13. The monoisotopic (exact) mass is 384 g/mol. The SMILES string of the molecule is O=C(/C=C/c1ccc(OCCCN2CCCCC2)cc1)CCN1CCCCC1. The van der Waals surface area contributed by atoms with Crippen LogP contribution in [0, 0.1) is 0 Å². The van der Waals surface area contributed by atoms with Crippen LogP contribution in [0.3, 0.4) is 0 Å². The average Bonchev–Trinajstić information content (AvgIpc) is 2.76. The normalized spacial score (nSPS) is 19.1. The van der Waals surface area contributed by atoms with Crippen LogP contribution < -0.4 is 4.74 Å². The van der Waals surface area contributed by atoms with Crippen molar-refractivity contribution >= 4 is 11.9 Å². The fraction of sp³-hybridized carbons (Fsp3) is 0.625. The number of allylic oxidation sites excluding steroid dienone is 1. The molecule has 1 aromatic carbocycles. The molecule has 2 saturated heterocycles. The van der Waals surface area contributed by atoms with Gasteiger partial charge in [-0.1, -0.05) is 31.1 Å². The number of hydrogen-bond acceptors (Lipinski definition) is 4. The highest BCUT2D eigenvalue weighted by Gasteiger charge is 2.11. The lowest BCUT2D eigenvalue weighted by Crippen LogP contribution is -2.31. The molecule has 3 rings (SSSR count). The Morgan fingerprint density at radius 2 is 1.46 bits per heavy atom. The minimum absolute atomic E-state index is 0.212. The topological polar surface area (TPSA) is 32.8 Å². The Labute approximate surface area is 170 Å². The third-order valence-corrected chi connectivity index (χ3v) is 5.80. The Morgan fingerprint density at radius 1 is 0.857 bits per heavy atom. The van der Waals surface area contributed by atoms with Crippen LogP contribution in [0.2, 0.25) is 0 Å². The maximum atomic E-state index is 12.1. The van der Waals surface area contributed by atoms with E-state index in [1.165, 1.54) is 51.6 Å². The first-order chi connectivity index (χ1) is 13.8. The maximum Gasteiger partial charge on any atom is 0.156 e. The summed E-state index contributed by atoms with van der Waals surface area (Å²) in [5.74, 6) is 1.12. The van der Waals surface area contributed by atoms with E-state index in [1.807, 2.05) is 30.3 Å². The number of rotatable bonds is 10. The van der Waals surface area contributed by atoms with Gasteiger partial charge in [0.05, 0.1) is 6.61 Å². The summed E-state index contributed by atoms with van der Waals surface area (Å²) in [5.41, 5.74) is 1.05. The van der Waals surface area contributed by atoms with Crippen molar-refractivity contribution in [1.82, 2.24) is 9.80 Å². The Balaban J connectivity index is 1.31. The van der Waals surface area contributed by atoms with Crippen molar-refractivity contribution in [2.75, 3.05) is 45.9 Å². The molecule has 0 saturated carbocycles. The molecular formula is C24H36N2O2. The second kappa shape index (κ2) is 12.0. The molecule has 0 spiro atoms. The van der Waals surface area contributed by atoms with Crippen LogP contribution in [0.4, 0.5) is 0 Å². The number of hydrogen-bond donors (Lipinski definition) is 0. The zero-order valence-electron chi connectivity index (χ0n) is 17.3. The number of ether oxygens (including phenoxy) is 1. The summed E-state index contributed by atoms with van der Waals surface area (Å²) in [6, 6.07) is 8.04. The third kappa shape index (κ3) is 7.76. The molecule has 2 aliphatic heterocycles. The predicted octanol–water partition coefficient (Wildman–Crippen LogP) is 4.40. The van der Waals surface area contributed by atoms with Crippen LogP contribution in [-0.2, 0) is 4.79 Å². The molecule has 28 heavy (non-hydrogen) atoms. The first-order valence-corrected chi connectivity index (χ1v) is 11.2. The van der Waals surface area contributed by atoms with Gasteiger partial charge in [-0.15, -0.1) is 0 Å². The lowest BCUT2D eigenvalue weighted by atomic mass is 10.1. The molecule has 0 atom stereocenters. The van der Waals surface area contributed by atoms with Crippen molar-refractivity contribution in [3.8, 4) is 5.75 Å². The van der Waals surface area contributed by atoms with Crippen LogP contribution in [-0.4, -0.2) is 61.5 Å². The third-order valence-electron chi connectivity index (χ3n) is 5.80. The first kappa shape index (κ1) is 21.1. The van der Waals surface area contributed by atoms with Gasteiger partial charge in [0.25, 0.3) is 0 Å². The van der Waals surface area contributed by atoms with Gasteiger partial charge in [-0.3, -0.25) is 4.79 Å². The summed E-state index contributed by atoms with van der Waals surface area (Å²) >= 11 is 0. The molecule has 0 bridgehead atoms. The highest BCUT2D eigenvalue weighted by molar-refractivity contribution is 5.93. The number of likely N-dealkylation sites (tertiary alicyclic amines) is 2. The van der Waals surface area contributed by atoms with E-state index in [0.29, 0.717) is 6.42 Å². The van der Waals surface area contributed by atoms with Gasteiger partial charge in [0, 0.05) is 19.5 Å². The average molecular weight is 385 g/mol. The van der Waals surface area contributed by atoms with Gasteiger partial charge in [0.15, 0.2) is 5.78 Å². The molecule has 0 unspecified atom stereocenters. The van der Waals surface area contributed by atoms with E-state index in [0.717, 1.165) is 50.5 Å². The van der Waals surface area contributed by atoms with E-state index in [4.69, 9.17) is 4.74 Å². The smallest absolute Gasteiger partial charge is 0.156 e. The lowest BCUT2D eigenvalue weighted by Gasteiger charge is -2.26. The summed E-state index contributed by atoms with van der Waals surface area (Å²) in [5, 5.41) is 0. The molecule has 4 heteroatoms. The van der Waals surface area contributed by atoms with E-state index in [-0.39, 0.29) is 5.78 Å². The molecule has 154 valence electrons. The Bertz CT molecular complexity index is 600. The van der Waals surface area contributed by atoms with E-state index < -0.39 is 0 Å². The molecule has 0 aromatic heterocycles. The Morgan fingerprint density at radius 3 is 2.11 bits per heavy atom. The zero-order chi connectivity index (χ0) is 19.4. The molecule has 0 N–H and O–H groups in total. The summed E-state index contributed by atoms with van der Waals surface area (Å²) in [4.78, 5) is 17.0. The van der Waals surface area contributed by atoms with Gasteiger partial charge in [0.2, 0.25) is 0 Å². The minimum Gasteiger partial charge on any atom is -0.494 e. The predicted molar refractivity (Wildman–Crippen MR) is 116 cm³/mol. The van der Waals surface area contributed by atoms with Crippen LogP contribution in [0.15, 0.2) is 30.3 Å². The summed E-state index contributed by atoms with van der Waals surface area (Å²) < 4.78 is 5.86. The standard InChI is InChI=1S/C24H36N2O2/c27-23(14-20-26-17-5-2-6-18-26)11-8-22-9-12-24(13-10-22)28-21-7-19-25-15-3-1-4-16-25/h8-13H,1-7,14-21H2/b11-8+. The molecule has 2 heterocycles. The number of ketones is 1. The highest BCUT2D eigenvalue weighted by Crippen LogP contribution is 2.15. The van der Waals surface area contributed by atoms with Gasteiger partial charge >= 0.3 is 0 Å². The fourth-order valence-corrected chi connectivity index (χ4v) is 4.06. The van der Waals surface area contributed by atoms with Crippen molar-refractivity contribution < 1.29 is 9.53 Å². The molecule has 2 aliphatic rings. The lowest BCUT2D eigenvalue weighted by molar-refractivity contribution is -0.114. The summed E-state index contributed by atoms with van der Waals surface area (Å²) in [6.45, 7) is 7.59. The second-order valence-electron chi connectivity index (χ2n) is 8.13. The van der Waals surface area contributed by atoms with Gasteiger partial charge in [-0.2, -0.15) is 0 Å². The number of carbonyl (C=O) groups excluding carboxylic acids is 1. The Hall–Kier alpha value is -1.65. The van der Waals surface area contributed by atoms with Crippen molar-refractivity contribution in [2.45, 2.75) is 51.4 Å². The molecule has 0 amide bonds. The minimum atomic E-state index is 0.212. The molecule has 0 aliphatic carbocycles. The molecule has 0 radical (unpaired) electrons. The van der Waals surface area contributed by atoms with Crippen LogP contribution in [0.1, 0.15) is 56.9 Å². The van der Waals surface area contributed by atoms with Crippen LogP contribution in [0.5, 0.6) is 5.75 Å². The van der Waals surface area contributed by atoms with E-state index in [1.54, 1.807) is 6.08 Å². The fourth-order valence-electron chi connectivity index (χ4n) is 4.06. The summed E-state index contributed by atoms with van der Waals surface area (Å²) in [6.07, 6.45) is 13.3. The molecule has 4 nitrogen and oxygen atoms in total. The van der Waals surface area contributed by atoms with Crippen LogP contribution in [0.25, 0.3) is 6.08 Å². The van der Waals surface area contributed by atoms with Gasteiger partial charge in [-0.05, 0) is 82.1 Å². The van der Waals surface area contributed by atoms with E-state index in [9.17, 15) is 4.79 Å². The van der Waals surface area contributed by atoms with Crippen molar-refractivity contribution in [2.24, 2.45) is 0 Å². The highest BCUT2D eigenvalue weighted by atomic mass is 16.5. The van der Waals surface area contributed by atoms with Crippen molar-refractivity contribution in [3.63, 3.8) is 0 Å². The molecule has 1 aromatic rings. The number of nitrogens with zero attached hydrogens (tertiary/aromatic N) is 2. The van der Waals surface area contributed by atoms with Crippen molar-refractivity contribution in [3.05, 3.63) is 35.9 Å². The Kier molecular flexibility index (Phi) is 9.05. The molecular weight excluding hydrogens is 348 g/mol. The van der Waals surface area contributed by atoms with Gasteiger partial charge < -0.3 is 14.5 Å². The number of carbonyl (C=O) groups is 1. The van der Waals surface area contributed by atoms with Gasteiger partial charge in [-0.25, -0.2) is 0 Å². The number of piperidine rings is 2. The van der Waals surface area contributed by atoms with Gasteiger partial charge in [0.1, 0.15) is 5.75 Å². The first-order valence-electron chi connectivity index (χ1n) is 11.2. The zero-order valence-corrected chi connectivity index (χ0v) is 17.3. The van der Waals surface area contributed by atoms with E-state index >= 15 is 0 Å². The molecule has 2 fully saturated rings. The number of benzene rings is 1. The van der Waals surface area contributed by atoms with Crippen molar-refractivity contribution in [1.29, 1.82) is 0 Å².